The van der Waals surface area contributed by atoms with E-state index in [4.69, 9.17) is 10.5 Å². The zero-order valence-electron chi connectivity index (χ0n) is 12.2. The Morgan fingerprint density at radius 3 is 2.29 bits per heavy atom. The van der Waals surface area contributed by atoms with Crippen molar-refractivity contribution in [1.82, 2.24) is 4.31 Å². The minimum absolute atomic E-state index is 0.0572. The average molecular weight is 313 g/mol. The number of rotatable bonds is 1. The number of nitrogens with zero attached hydrogens (tertiary/aromatic N) is 2. The van der Waals surface area contributed by atoms with Crippen molar-refractivity contribution in [3.05, 3.63) is 24.3 Å². The molecule has 0 spiro atoms. The topological polar surface area (TPSA) is 92.9 Å². The predicted molar refractivity (Wildman–Crippen MR) is 80.1 cm³/mol. The highest BCUT2D eigenvalue weighted by molar-refractivity contribution is 7.91. The van der Waals surface area contributed by atoms with Gasteiger partial charge in [0.1, 0.15) is 5.60 Å². The Balaban J connectivity index is 2.23. The van der Waals surface area contributed by atoms with Crippen molar-refractivity contribution in [2.45, 2.75) is 26.4 Å². The summed E-state index contributed by atoms with van der Waals surface area (Å²) >= 11 is 0. The molecule has 1 amide bonds. The van der Waals surface area contributed by atoms with Crippen LogP contribution in [0.4, 0.5) is 16.2 Å². The summed E-state index contributed by atoms with van der Waals surface area (Å²) in [5, 5.41) is 0. The van der Waals surface area contributed by atoms with Gasteiger partial charge in [0.25, 0.3) is 0 Å². The van der Waals surface area contributed by atoms with Crippen molar-refractivity contribution in [3.8, 4) is 0 Å². The first-order chi connectivity index (χ1) is 9.61. The maximum atomic E-state index is 12.4. The first-order valence-corrected chi connectivity index (χ1v) is 7.90. The molecule has 1 aliphatic heterocycles. The fourth-order valence-corrected chi connectivity index (χ4v) is 3.41. The van der Waals surface area contributed by atoms with Gasteiger partial charge in [0.2, 0.25) is 0 Å². The Hall–Kier alpha value is -1.96. The van der Waals surface area contributed by atoms with Crippen LogP contribution in [0.25, 0.3) is 0 Å². The summed E-state index contributed by atoms with van der Waals surface area (Å²) in [6, 6.07) is 6.43. The molecule has 0 radical (unpaired) electrons. The Bertz CT molecular complexity index is 634. The molecule has 1 aromatic carbocycles. The quantitative estimate of drug-likeness (QED) is 0.794. The molecule has 0 aliphatic carbocycles. The van der Waals surface area contributed by atoms with E-state index in [0.717, 1.165) is 8.61 Å². The van der Waals surface area contributed by atoms with Crippen LogP contribution in [0, 0.1) is 0 Å². The van der Waals surface area contributed by atoms with Gasteiger partial charge in [-0.2, -0.15) is 12.7 Å². The molecule has 1 fully saturated rings. The molecule has 1 heterocycles. The molecule has 0 bridgehead atoms. The van der Waals surface area contributed by atoms with Crippen molar-refractivity contribution in [3.63, 3.8) is 0 Å². The van der Waals surface area contributed by atoms with E-state index in [-0.39, 0.29) is 13.1 Å². The van der Waals surface area contributed by atoms with Gasteiger partial charge >= 0.3 is 16.3 Å². The van der Waals surface area contributed by atoms with Gasteiger partial charge in [0.05, 0.1) is 18.8 Å². The van der Waals surface area contributed by atoms with Gasteiger partial charge in [-0.05, 0) is 45.0 Å². The third kappa shape index (κ3) is 3.21. The van der Waals surface area contributed by atoms with E-state index in [0.29, 0.717) is 11.4 Å². The summed E-state index contributed by atoms with van der Waals surface area (Å²) in [5.74, 6) is 0. The van der Waals surface area contributed by atoms with Crippen molar-refractivity contribution < 1.29 is 17.9 Å². The standard InChI is InChI=1S/C13H19N3O4S/c1-13(2,3)20-12(17)16-9-8-15(21(16,18)19)11-6-4-10(14)5-7-11/h4-7H,8-9,14H2,1-3H3. The summed E-state index contributed by atoms with van der Waals surface area (Å²) in [6.45, 7) is 5.30. The molecule has 0 atom stereocenters. The molecule has 116 valence electrons. The second kappa shape index (κ2) is 5.10. The van der Waals surface area contributed by atoms with Crippen molar-refractivity contribution in [1.29, 1.82) is 0 Å². The van der Waals surface area contributed by atoms with Gasteiger partial charge < -0.3 is 10.5 Å². The van der Waals surface area contributed by atoms with E-state index in [2.05, 4.69) is 0 Å². The molecule has 2 rings (SSSR count). The van der Waals surface area contributed by atoms with Crippen molar-refractivity contribution in [2.75, 3.05) is 23.1 Å². The van der Waals surface area contributed by atoms with Gasteiger partial charge in [-0.25, -0.2) is 4.79 Å². The van der Waals surface area contributed by atoms with E-state index in [1.54, 1.807) is 45.0 Å². The largest absolute Gasteiger partial charge is 0.443 e. The molecule has 8 heteroatoms. The highest BCUT2D eigenvalue weighted by Crippen LogP contribution is 2.27. The Labute approximate surface area is 124 Å². The van der Waals surface area contributed by atoms with Crippen LogP contribution in [0.15, 0.2) is 24.3 Å². The Morgan fingerprint density at radius 1 is 1.19 bits per heavy atom. The fourth-order valence-electron chi connectivity index (χ4n) is 1.93. The Morgan fingerprint density at radius 2 is 1.76 bits per heavy atom. The molecule has 0 aromatic heterocycles. The maximum Gasteiger partial charge on any atom is 0.425 e. The van der Waals surface area contributed by atoms with Gasteiger partial charge in [0, 0.05) is 5.69 Å². The lowest BCUT2D eigenvalue weighted by Crippen LogP contribution is -2.40. The number of carbonyl (C=O) groups is 1. The van der Waals surface area contributed by atoms with Gasteiger partial charge in [0.15, 0.2) is 0 Å². The summed E-state index contributed by atoms with van der Waals surface area (Å²) in [5.41, 5.74) is 5.85. The normalized spacial score (nSPS) is 17.9. The van der Waals surface area contributed by atoms with Crippen LogP contribution in [0.3, 0.4) is 0 Å². The van der Waals surface area contributed by atoms with Crippen LogP contribution in [-0.4, -0.2) is 37.5 Å². The summed E-state index contributed by atoms with van der Waals surface area (Å²) in [6.07, 6.45) is -0.861. The van der Waals surface area contributed by atoms with Crippen LogP contribution < -0.4 is 10.0 Å². The number of hydrogen-bond donors (Lipinski definition) is 1. The van der Waals surface area contributed by atoms with Gasteiger partial charge in [-0.3, -0.25) is 4.31 Å². The minimum atomic E-state index is -3.91. The number of ether oxygens (including phenoxy) is 1. The lowest BCUT2D eigenvalue weighted by molar-refractivity contribution is 0.0405. The Kier molecular flexibility index (Phi) is 3.75. The minimum Gasteiger partial charge on any atom is -0.443 e. The second-order valence-corrected chi connectivity index (χ2v) is 7.50. The van der Waals surface area contributed by atoms with Gasteiger partial charge in [-0.15, -0.1) is 0 Å². The van der Waals surface area contributed by atoms with E-state index in [1.807, 2.05) is 0 Å². The van der Waals surface area contributed by atoms with E-state index < -0.39 is 21.9 Å². The zero-order valence-corrected chi connectivity index (χ0v) is 13.1. The average Bonchev–Trinajstić information content (AvgIpc) is 2.63. The maximum absolute atomic E-state index is 12.4. The third-order valence-corrected chi connectivity index (χ3v) is 4.68. The molecule has 1 saturated heterocycles. The first-order valence-electron chi connectivity index (χ1n) is 6.50. The summed E-state index contributed by atoms with van der Waals surface area (Å²) < 4.78 is 31.9. The zero-order chi connectivity index (χ0) is 15.8. The molecule has 1 aliphatic rings. The number of anilines is 2. The third-order valence-electron chi connectivity index (χ3n) is 2.84. The van der Waals surface area contributed by atoms with E-state index >= 15 is 0 Å². The predicted octanol–water partition coefficient (Wildman–Crippen LogP) is 1.57. The first kappa shape index (κ1) is 15.4. The number of amides is 1. The second-order valence-electron chi connectivity index (χ2n) is 5.72. The number of benzene rings is 1. The number of carbonyl (C=O) groups excluding carboxylic acids is 1. The lowest BCUT2D eigenvalue weighted by atomic mass is 10.2. The SMILES string of the molecule is CC(C)(C)OC(=O)N1CCN(c2ccc(N)cc2)S1(=O)=O. The van der Waals surface area contributed by atoms with Crippen LogP contribution >= 0.6 is 0 Å². The molecule has 0 unspecified atom stereocenters. The van der Waals surface area contributed by atoms with Gasteiger partial charge in [-0.1, -0.05) is 0 Å². The molecule has 21 heavy (non-hydrogen) atoms. The number of nitrogen functional groups attached to an aromatic ring is 1. The lowest BCUT2D eigenvalue weighted by Gasteiger charge is -2.24. The van der Waals surface area contributed by atoms with Crippen molar-refractivity contribution in [2.24, 2.45) is 0 Å². The molecular formula is C13H19N3O4S. The molecule has 0 saturated carbocycles. The van der Waals surface area contributed by atoms with Crippen LogP contribution in [0.1, 0.15) is 20.8 Å². The molecular weight excluding hydrogens is 294 g/mol. The highest BCUT2D eigenvalue weighted by Gasteiger charge is 2.42. The molecule has 2 N–H and O–H groups in total. The smallest absolute Gasteiger partial charge is 0.425 e. The summed E-state index contributed by atoms with van der Waals surface area (Å²) in [4.78, 5) is 12.0. The fraction of sp³-hybridized carbons (Fsp3) is 0.462. The van der Waals surface area contributed by atoms with Crippen LogP contribution in [-0.2, 0) is 14.9 Å². The van der Waals surface area contributed by atoms with E-state index in [1.165, 1.54) is 0 Å². The monoisotopic (exact) mass is 313 g/mol. The molecule has 7 nitrogen and oxygen atoms in total. The van der Waals surface area contributed by atoms with Crippen LogP contribution in [0.5, 0.6) is 0 Å². The van der Waals surface area contributed by atoms with E-state index in [9.17, 15) is 13.2 Å². The summed E-state index contributed by atoms with van der Waals surface area (Å²) in [7, 11) is -3.91. The molecule has 1 aromatic rings. The van der Waals surface area contributed by atoms with Crippen molar-refractivity contribution >= 4 is 27.7 Å². The number of hydrogen-bond acceptors (Lipinski definition) is 5. The van der Waals surface area contributed by atoms with Crippen LogP contribution in [0.2, 0.25) is 0 Å². The highest BCUT2D eigenvalue weighted by atomic mass is 32.2. The number of nitrogens with two attached hydrogens (primary N) is 1.